The minimum atomic E-state index is 0.847. The van der Waals surface area contributed by atoms with Crippen LogP contribution in [0.5, 0.6) is 0 Å². The van der Waals surface area contributed by atoms with E-state index < -0.39 is 0 Å². The zero-order valence-corrected chi connectivity index (χ0v) is 4.09. The van der Waals surface area contributed by atoms with Gasteiger partial charge < -0.3 is 5.53 Å². The summed E-state index contributed by atoms with van der Waals surface area (Å²) in [5, 5.41) is 0. The third kappa shape index (κ3) is 0.906. The maximum Gasteiger partial charge on any atom is 0.261 e. The predicted octanol–water partition coefficient (Wildman–Crippen LogP) is 0.531. The summed E-state index contributed by atoms with van der Waals surface area (Å²) in [7, 11) is 1.96. The van der Waals surface area contributed by atoms with Gasteiger partial charge in [-0.05, 0) is 0 Å². The average molecular weight is 92.9 g/mol. The van der Waals surface area contributed by atoms with Gasteiger partial charge in [0.2, 0.25) is 5.61 Å². The molecule has 35 valence electrons. The molecule has 0 aromatic rings. The van der Waals surface area contributed by atoms with E-state index in [1.54, 1.807) is 0 Å². The van der Waals surface area contributed by atoms with Crippen molar-refractivity contribution in [3.63, 3.8) is 0 Å². The van der Waals surface area contributed by atoms with Crippen LogP contribution in [0.4, 0.5) is 0 Å². The van der Waals surface area contributed by atoms with Crippen LogP contribution in [0.15, 0.2) is 0 Å². The molecule has 1 heterocycles. The minimum absolute atomic E-state index is 0.847. The zero-order valence-electron chi connectivity index (χ0n) is 4.09. The maximum absolute atomic E-state index is 8.12. The normalized spacial score (nSPS) is 18.6. The molecule has 1 saturated heterocycles. The molecular formula is C4H6BN2. The smallest absolute Gasteiger partial charge is 0.261 e. The van der Waals surface area contributed by atoms with Crippen LogP contribution in [0.1, 0.15) is 12.8 Å². The van der Waals surface area contributed by atoms with Gasteiger partial charge in [-0.25, -0.2) is 0 Å². The fourth-order valence-corrected chi connectivity index (χ4v) is 0.745. The van der Waals surface area contributed by atoms with Gasteiger partial charge in [0.25, 0.3) is 7.28 Å². The standard InChI is InChI=1S/C4H6BN2/c6-7-4-2-1-3-5-4/h1-3H2. The van der Waals surface area contributed by atoms with E-state index in [-0.39, 0.29) is 0 Å². The van der Waals surface area contributed by atoms with Gasteiger partial charge in [0.05, 0.1) is 0 Å². The molecule has 3 heteroatoms. The molecule has 1 radical (unpaired) electrons. The van der Waals surface area contributed by atoms with Gasteiger partial charge in [0.15, 0.2) is 0 Å². The third-order valence-corrected chi connectivity index (χ3v) is 1.15. The molecule has 0 atom stereocenters. The molecule has 0 N–H and O–H groups in total. The van der Waals surface area contributed by atoms with Crippen molar-refractivity contribution in [2.45, 2.75) is 19.2 Å². The summed E-state index contributed by atoms with van der Waals surface area (Å²) in [5.74, 6) is 0. The third-order valence-electron chi connectivity index (χ3n) is 1.15. The second-order valence-electron chi connectivity index (χ2n) is 1.69. The SMILES string of the molecule is [N-]=[N+]=C1[B]CCC1. The van der Waals surface area contributed by atoms with Crippen molar-refractivity contribution in [3.8, 4) is 0 Å². The van der Waals surface area contributed by atoms with Gasteiger partial charge in [-0.3, -0.25) is 0 Å². The van der Waals surface area contributed by atoms with Crippen LogP contribution in [0.3, 0.4) is 0 Å². The fourth-order valence-electron chi connectivity index (χ4n) is 0.745. The van der Waals surface area contributed by atoms with Gasteiger partial charge >= 0.3 is 0 Å². The largest absolute Gasteiger partial charge is 0.363 e. The molecule has 1 fully saturated rings. The molecule has 1 aliphatic rings. The van der Waals surface area contributed by atoms with Crippen LogP contribution in [-0.2, 0) is 0 Å². The first-order valence-electron chi connectivity index (χ1n) is 2.47. The van der Waals surface area contributed by atoms with E-state index in [4.69, 9.17) is 5.53 Å². The van der Waals surface area contributed by atoms with E-state index in [9.17, 15) is 0 Å². The molecule has 1 rings (SSSR count). The van der Waals surface area contributed by atoms with Crippen LogP contribution in [0.2, 0.25) is 6.32 Å². The van der Waals surface area contributed by atoms with Gasteiger partial charge in [-0.2, -0.15) is 4.79 Å². The van der Waals surface area contributed by atoms with Gasteiger partial charge in [0.1, 0.15) is 0 Å². The number of rotatable bonds is 0. The Kier molecular flexibility index (Phi) is 1.28. The Bertz CT molecular complexity index is 107. The topological polar surface area (TPSA) is 36.4 Å². The average Bonchev–Trinajstić information content (AvgIpc) is 2.14. The lowest BCUT2D eigenvalue weighted by Gasteiger charge is -1.68. The summed E-state index contributed by atoms with van der Waals surface area (Å²) in [6.07, 6.45) is 3.19. The number of hydrogen-bond acceptors (Lipinski definition) is 0. The Morgan fingerprint density at radius 2 is 2.57 bits per heavy atom. The Morgan fingerprint density at radius 1 is 1.71 bits per heavy atom. The second kappa shape index (κ2) is 1.94. The molecule has 0 aromatic carbocycles. The Hall–Kier alpha value is -0.555. The fraction of sp³-hybridized carbons (Fsp3) is 0.750. The van der Waals surface area contributed by atoms with Crippen LogP contribution in [-0.4, -0.2) is 17.7 Å². The quantitative estimate of drug-likeness (QED) is 0.238. The van der Waals surface area contributed by atoms with Crippen molar-refractivity contribution in [1.82, 2.24) is 0 Å². The highest BCUT2D eigenvalue weighted by Crippen LogP contribution is 2.04. The molecule has 0 spiro atoms. The van der Waals surface area contributed by atoms with Crippen LogP contribution in [0, 0.1) is 0 Å². The molecule has 0 bridgehead atoms. The van der Waals surface area contributed by atoms with Crippen LogP contribution >= 0.6 is 0 Å². The minimum Gasteiger partial charge on any atom is -0.363 e. The molecule has 0 amide bonds. The maximum atomic E-state index is 8.12. The lowest BCUT2D eigenvalue weighted by atomic mass is 9.75. The summed E-state index contributed by atoms with van der Waals surface area (Å²) in [6, 6.07) is 0. The molecular weight excluding hydrogens is 86.9 g/mol. The summed E-state index contributed by atoms with van der Waals surface area (Å²) in [4.78, 5) is 3.05. The van der Waals surface area contributed by atoms with E-state index >= 15 is 0 Å². The van der Waals surface area contributed by atoms with E-state index in [1.165, 1.54) is 0 Å². The monoisotopic (exact) mass is 93.1 g/mol. The van der Waals surface area contributed by atoms with Crippen molar-refractivity contribution in [1.29, 1.82) is 0 Å². The summed E-state index contributed by atoms with van der Waals surface area (Å²) < 4.78 is 0. The van der Waals surface area contributed by atoms with Gasteiger partial charge in [-0.1, -0.05) is 12.7 Å². The number of nitrogens with zero attached hydrogens (tertiary/aromatic N) is 2. The molecule has 7 heavy (non-hydrogen) atoms. The predicted molar refractivity (Wildman–Crippen MR) is 28.4 cm³/mol. The van der Waals surface area contributed by atoms with E-state index in [1.807, 2.05) is 7.28 Å². The molecule has 0 unspecified atom stereocenters. The lowest BCUT2D eigenvalue weighted by Crippen LogP contribution is -1.98. The van der Waals surface area contributed by atoms with Crippen molar-refractivity contribution in [2.24, 2.45) is 0 Å². The second-order valence-corrected chi connectivity index (χ2v) is 1.69. The summed E-state index contributed by atoms with van der Waals surface area (Å²) >= 11 is 0. The van der Waals surface area contributed by atoms with Crippen molar-refractivity contribution < 1.29 is 4.79 Å². The summed E-state index contributed by atoms with van der Waals surface area (Å²) in [6.45, 7) is 0. The van der Waals surface area contributed by atoms with E-state index in [0.29, 0.717) is 0 Å². The Balaban J connectivity index is 2.57. The molecule has 2 nitrogen and oxygen atoms in total. The number of hydrogen-bond donors (Lipinski definition) is 0. The first kappa shape index (κ1) is 4.60. The van der Waals surface area contributed by atoms with E-state index in [2.05, 4.69) is 4.79 Å². The van der Waals surface area contributed by atoms with Crippen LogP contribution in [0.25, 0.3) is 5.53 Å². The van der Waals surface area contributed by atoms with Crippen molar-refractivity contribution in [3.05, 3.63) is 5.53 Å². The highest BCUT2D eigenvalue weighted by molar-refractivity contribution is 6.75. The van der Waals surface area contributed by atoms with Gasteiger partial charge in [-0.15, -0.1) is 0 Å². The first-order valence-corrected chi connectivity index (χ1v) is 2.47. The highest BCUT2D eigenvalue weighted by atomic mass is 14.8. The Labute approximate surface area is 43.4 Å². The van der Waals surface area contributed by atoms with Crippen molar-refractivity contribution >= 4 is 12.9 Å². The highest BCUT2D eigenvalue weighted by Gasteiger charge is 2.15. The van der Waals surface area contributed by atoms with E-state index in [0.717, 1.165) is 24.8 Å². The zero-order chi connectivity index (χ0) is 5.11. The molecule has 0 saturated carbocycles. The van der Waals surface area contributed by atoms with Gasteiger partial charge in [0, 0.05) is 6.42 Å². The molecule has 1 aliphatic heterocycles. The van der Waals surface area contributed by atoms with Crippen LogP contribution < -0.4 is 0 Å². The Morgan fingerprint density at radius 3 is 2.86 bits per heavy atom. The van der Waals surface area contributed by atoms with Crippen molar-refractivity contribution in [2.75, 3.05) is 0 Å². The molecule has 0 aromatic heterocycles. The lowest BCUT2D eigenvalue weighted by molar-refractivity contribution is -0.00278. The molecule has 0 aliphatic carbocycles. The first-order chi connectivity index (χ1) is 3.43. The summed E-state index contributed by atoms with van der Waals surface area (Å²) in [5.41, 5.74) is 8.97.